The van der Waals surface area contributed by atoms with Crippen LogP contribution in [0.2, 0.25) is 0 Å². The van der Waals surface area contributed by atoms with Crippen LogP contribution < -0.4 is 0 Å². The lowest BCUT2D eigenvalue weighted by Crippen LogP contribution is -1.85. The Kier molecular flexibility index (Phi) is 4.60. The molecule has 0 amide bonds. The van der Waals surface area contributed by atoms with Gasteiger partial charge in [0.15, 0.2) is 0 Å². The van der Waals surface area contributed by atoms with Crippen molar-refractivity contribution in [3.63, 3.8) is 0 Å². The van der Waals surface area contributed by atoms with Gasteiger partial charge in [0, 0.05) is 66.5 Å². The van der Waals surface area contributed by atoms with Gasteiger partial charge >= 0.3 is 0 Å². The molecule has 1 heterocycles. The van der Waals surface area contributed by atoms with Crippen molar-refractivity contribution in [1.29, 1.82) is 0 Å². The van der Waals surface area contributed by atoms with E-state index >= 15 is 0 Å². The minimum absolute atomic E-state index is 1.06. The monoisotopic (exact) mass is 715 g/mol. The molecule has 0 aliphatic carbocycles. The molecule has 0 N–H and O–H groups in total. The Labute approximate surface area is 239 Å². The zero-order valence-corrected chi connectivity index (χ0v) is 24.8. The maximum absolute atomic E-state index is 5.46. The van der Waals surface area contributed by atoms with E-state index in [4.69, 9.17) is 4.98 Å². The first-order valence-electron chi connectivity index (χ1n) is 11.5. The summed E-state index contributed by atoms with van der Waals surface area (Å²) in [6.45, 7) is 0. The molecule has 5 heteroatoms. The summed E-state index contributed by atoms with van der Waals surface area (Å²) in [6, 6.07) is 28.3. The smallest absolute Gasteiger partial charge is 0.0801 e. The van der Waals surface area contributed by atoms with Gasteiger partial charge in [-0.2, -0.15) is 0 Å². The Morgan fingerprint density at radius 2 is 0.806 bits per heavy atom. The van der Waals surface area contributed by atoms with Crippen molar-refractivity contribution < 1.29 is 0 Å². The van der Waals surface area contributed by atoms with E-state index < -0.39 is 0 Å². The number of hydrogen-bond acceptors (Lipinski definition) is 1. The predicted molar refractivity (Wildman–Crippen MR) is 168 cm³/mol. The van der Waals surface area contributed by atoms with Crippen molar-refractivity contribution in [2.45, 2.75) is 0 Å². The van der Waals surface area contributed by atoms with Gasteiger partial charge in [0.1, 0.15) is 0 Å². The zero-order valence-electron chi connectivity index (χ0n) is 18.5. The lowest BCUT2D eigenvalue weighted by molar-refractivity contribution is 1.56. The number of rotatable bonds is 1. The van der Waals surface area contributed by atoms with Gasteiger partial charge in [0.05, 0.1) is 11.0 Å². The SMILES string of the molecule is Brc1ccc2c3nc4c5ccc(Br)c6c(Br)ccc(c4c(-c4ccccc4)c3c3ccc(Br)c1c23)c65. The molecular formula is C31H13Br4N. The van der Waals surface area contributed by atoms with Crippen LogP contribution in [0.5, 0.6) is 0 Å². The maximum Gasteiger partial charge on any atom is 0.0801 e. The number of pyridine rings is 1. The van der Waals surface area contributed by atoms with E-state index in [0.29, 0.717) is 0 Å². The first-order chi connectivity index (χ1) is 17.5. The second-order valence-electron chi connectivity index (χ2n) is 9.18. The van der Waals surface area contributed by atoms with Gasteiger partial charge in [-0.15, -0.1) is 0 Å². The third-order valence-electron chi connectivity index (χ3n) is 7.43. The van der Waals surface area contributed by atoms with Crippen LogP contribution in [0.25, 0.3) is 76.0 Å². The highest BCUT2D eigenvalue weighted by molar-refractivity contribution is 9.11. The average molecular weight is 719 g/mol. The molecule has 0 saturated heterocycles. The van der Waals surface area contributed by atoms with Crippen LogP contribution in [0, 0.1) is 0 Å². The molecule has 8 aromatic rings. The van der Waals surface area contributed by atoms with Crippen molar-refractivity contribution in [2.75, 3.05) is 0 Å². The predicted octanol–water partition coefficient (Wildman–Crippen LogP) is 11.6. The van der Waals surface area contributed by atoms with Gasteiger partial charge < -0.3 is 0 Å². The highest BCUT2D eigenvalue weighted by Crippen LogP contribution is 2.52. The third-order valence-corrected chi connectivity index (χ3v) is 10.1. The van der Waals surface area contributed by atoms with E-state index in [1.165, 1.54) is 65.0 Å². The molecule has 0 fully saturated rings. The van der Waals surface area contributed by atoms with Crippen molar-refractivity contribution >= 4 is 129 Å². The summed E-state index contributed by atoms with van der Waals surface area (Å²) in [5.41, 5.74) is 4.57. The summed E-state index contributed by atoms with van der Waals surface area (Å²) in [6.07, 6.45) is 0. The second kappa shape index (κ2) is 7.61. The fourth-order valence-electron chi connectivity index (χ4n) is 6.03. The summed E-state index contributed by atoms with van der Waals surface area (Å²) in [5, 5.41) is 12.2. The van der Waals surface area contributed by atoms with Crippen molar-refractivity contribution in [1.82, 2.24) is 4.98 Å². The van der Waals surface area contributed by atoms with Crippen LogP contribution in [-0.2, 0) is 0 Å². The van der Waals surface area contributed by atoms with E-state index in [0.717, 1.165) is 28.9 Å². The molecule has 0 spiro atoms. The summed E-state index contributed by atoms with van der Waals surface area (Å²) < 4.78 is 4.34. The second-order valence-corrected chi connectivity index (χ2v) is 12.6. The molecule has 0 aliphatic heterocycles. The van der Waals surface area contributed by atoms with Gasteiger partial charge in [-0.05, 0) is 40.6 Å². The quantitative estimate of drug-likeness (QED) is 0.165. The van der Waals surface area contributed by atoms with Gasteiger partial charge in [-0.25, -0.2) is 4.98 Å². The number of halogens is 4. The molecule has 0 unspecified atom stereocenters. The van der Waals surface area contributed by atoms with Gasteiger partial charge in [-0.3, -0.25) is 0 Å². The molecule has 36 heavy (non-hydrogen) atoms. The molecule has 0 radical (unpaired) electrons. The Morgan fingerprint density at radius 3 is 1.25 bits per heavy atom. The van der Waals surface area contributed by atoms with Crippen LogP contribution in [0.15, 0.2) is 96.8 Å². The summed E-state index contributed by atoms with van der Waals surface area (Å²) >= 11 is 15.2. The van der Waals surface area contributed by atoms with E-state index in [1.54, 1.807) is 0 Å². The van der Waals surface area contributed by atoms with Crippen LogP contribution in [0.3, 0.4) is 0 Å². The maximum atomic E-state index is 5.46. The fraction of sp³-hybridized carbons (Fsp3) is 0. The number of hydrogen-bond donors (Lipinski definition) is 0. The normalized spacial score (nSPS) is 12.4. The molecule has 1 nitrogen and oxygen atoms in total. The van der Waals surface area contributed by atoms with Gasteiger partial charge in [-0.1, -0.05) is 118 Å². The summed E-state index contributed by atoms with van der Waals surface area (Å²) in [7, 11) is 0. The Bertz CT molecular complexity index is 2030. The lowest BCUT2D eigenvalue weighted by atomic mass is 9.96. The topological polar surface area (TPSA) is 12.9 Å². The van der Waals surface area contributed by atoms with Crippen molar-refractivity contribution in [3.8, 4) is 11.1 Å². The average Bonchev–Trinajstić information content (AvgIpc) is 3.38. The highest BCUT2D eigenvalue weighted by Gasteiger charge is 2.25. The Morgan fingerprint density at radius 1 is 0.389 bits per heavy atom. The van der Waals surface area contributed by atoms with Gasteiger partial charge in [0.25, 0.3) is 0 Å². The minimum Gasteiger partial charge on any atom is -0.246 e. The van der Waals surface area contributed by atoms with Crippen LogP contribution in [0.1, 0.15) is 0 Å². The summed E-state index contributed by atoms with van der Waals surface area (Å²) in [5.74, 6) is 0. The Balaban J connectivity index is 1.76. The van der Waals surface area contributed by atoms with Crippen molar-refractivity contribution in [2.24, 2.45) is 0 Å². The molecule has 0 bridgehead atoms. The Hall–Kier alpha value is -2.31. The highest BCUT2D eigenvalue weighted by atomic mass is 79.9. The van der Waals surface area contributed by atoms with E-state index in [1.807, 2.05) is 0 Å². The standard InChI is InChI=1S/C31H13Br4N/c32-19-10-6-15-24-17(8-12-21(34)28(19)24)30-26(15)23(14-4-2-1-3-5-14)27-16-7-11-20(33)29-22(35)13-9-18(25(16)29)31(27)36-30/h1-13H. The molecule has 170 valence electrons. The lowest BCUT2D eigenvalue weighted by Gasteiger charge is -2.09. The first-order valence-corrected chi connectivity index (χ1v) is 14.7. The number of aromatic nitrogens is 1. The van der Waals surface area contributed by atoms with Crippen LogP contribution in [0.4, 0.5) is 0 Å². The van der Waals surface area contributed by atoms with E-state index in [-0.39, 0.29) is 0 Å². The molecule has 1 aromatic heterocycles. The van der Waals surface area contributed by atoms with E-state index in [2.05, 4.69) is 143 Å². The largest absolute Gasteiger partial charge is 0.246 e. The van der Waals surface area contributed by atoms with E-state index in [9.17, 15) is 0 Å². The number of nitrogens with zero attached hydrogens (tertiary/aromatic N) is 1. The molecular weight excluding hydrogens is 706 g/mol. The first kappa shape index (κ1) is 21.7. The zero-order chi connectivity index (χ0) is 24.3. The number of fused-ring (bicyclic) bond motifs is 6. The van der Waals surface area contributed by atoms with Crippen LogP contribution in [-0.4, -0.2) is 4.98 Å². The van der Waals surface area contributed by atoms with Crippen molar-refractivity contribution in [3.05, 3.63) is 96.8 Å². The molecule has 8 rings (SSSR count). The molecule has 0 atom stereocenters. The van der Waals surface area contributed by atoms with Crippen LogP contribution >= 0.6 is 63.7 Å². The van der Waals surface area contributed by atoms with Gasteiger partial charge in [0.2, 0.25) is 0 Å². The summed E-state index contributed by atoms with van der Waals surface area (Å²) in [4.78, 5) is 5.46. The minimum atomic E-state index is 1.06. The third kappa shape index (κ3) is 2.67. The fourth-order valence-corrected chi connectivity index (χ4v) is 8.74. The number of benzene rings is 5. The molecule has 0 saturated carbocycles. The molecule has 0 aliphatic rings. The molecule has 7 aromatic carbocycles.